The molecule has 3 aromatic heterocycles. The molecule has 5 aromatic rings. The maximum absolute atomic E-state index is 13.0. The minimum absolute atomic E-state index is 0.0179. The predicted octanol–water partition coefficient (Wildman–Crippen LogP) is 2.47. The largest absolute Gasteiger partial charge is 0.493 e. The zero-order chi connectivity index (χ0) is 25.2. The van der Waals surface area contributed by atoms with Crippen LogP contribution in [0.15, 0.2) is 52.0 Å². The van der Waals surface area contributed by atoms with Crippen molar-refractivity contribution in [2.24, 2.45) is 0 Å². The molecule has 3 heterocycles. The van der Waals surface area contributed by atoms with Gasteiger partial charge in [0.05, 0.1) is 27.9 Å². The summed E-state index contributed by atoms with van der Waals surface area (Å²) in [7, 11) is 4.57. The molecule has 0 saturated carbocycles. The van der Waals surface area contributed by atoms with Crippen LogP contribution in [0.4, 0.5) is 0 Å². The van der Waals surface area contributed by atoms with E-state index >= 15 is 0 Å². The van der Waals surface area contributed by atoms with Crippen molar-refractivity contribution in [1.29, 1.82) is 0 Å². The lowest BCUT2D eigenvalue weighted by Gasteiger charge is -2.12. The van der Waals surface area contributed by atoms with Gasteiger partial charge in [-0.2, -0.15) is 4.98 Å². The molecular formula is C24H23N7O5. The number of ether oxygens (including phenoxy) is 3. The number of rotatable bonds is 8. The van der Waals surface area contributed by atoms with Crippen molar-refractivity contribution >= 4 is 11.2 Å². The van der Waals surface area contributed by atoms with Crippen molar-refractivity contribution in [2.75, 3.05) is 21.3 Å². The highest BCUT2D eigenvalue weighted by atomic mass is 16.5. The molecule has 12 heteroatoms. The van der Waals surface area contributed by atoms with E-state index in [1.165, 1.54) is 32.2 Å². The van der Waals surface area contributed by atoms with Crippen molar-refractivity contribution < 1.29 is 18.7 Å². The van der Waals surface area contributed by atoms with Gasteiger partial charge >= 0.3 is 0 Å². The summed E-state index contributed by atoms with van der Waals surface area (Å²) in [6.45, 7) is 2.49. The first-order chi connectivity index (χ1) is 17.5. The Morgan fingerprint density at radius 3 is 2.36 bits per heavy atom. The Labute approximate surface area is 205 Å². The molecular weight excluding hydrogens is 466 g/mol. The monoisotopic (exact) mass is 489 g/mol. The van der Waals surface area contributed by atoms with Gasteiger partial charge in [-0.15, -0.1) is 5.10 Å². The Bertz CT molecular complexity index is 1560. The number of nitrogens with zero attached hydrogens (tertiary/aromatic N) is 7. The molecule has 0 unspecified atom stereocenters. The topological polar surface area (TPSA) is 132 Å². The van der Waals surface area contributed by atoms with Crippen molar-refractivity contribution in [3.8, 4) is 28.6 Å². The summed E-state index contributed by atoms with van der Waals surface area (Å²) in [6, 6.07) is 11.5. The van der Waals surface area contributed by atoms with Gasteiger partial charge in [-0.25, -0.2) is 9.67 Å². The fraction of sp³-hybridized carbons (Fsp3) is 0.250. The van der Waals surface area contributed by atoms with E-state index in [9.17, 15) is 4.79 Å². The van der Waals surface area contributed by atoms with E-state index in [1.54, 1.807) is 16.8 Å². The van der Waals surface area contributed by atoms with Crippen molar-refractivity contribution in [1.82, 2.24) is 34.7 Å². The van der Waals surface area contributed by atoms with Crippen LogP contribution in [0.2, 0.25) is 0 Å². The van der Waals surface area contributed by atoms with Crippen molar-refractivity contribution in [3.05, 3.63) is 70.1 Å². The van der Waals surface area contributed by atoms with E-state index in [-0.39, 0.29) is 23.5 Å². The lowest BCUT2D eigenvalue weighted by molar-refractivity contribution is 0.324. The number of hydrogen-bond acceptors (Lipinski definition) is 10. The Balaban J connectivity index is 1.40. The fourth-order valence-electron chi connectivity index (χ4n) is 3.76. The van der Waals surface area contributed by atoms with Gasteiger partial charge in [0, 0.05) is 5.56 Å². The summed E-state index contributed by atoms with van der Waals surface area (Å²) < 4.78 is 24.4. The predicted molar refractivity (Wildman–Crippen MR) is 128 cm³/mol. The third kappa shape index (κ3) is 4.24. The fourth-order valence-corrected chi connectivity index (χ4v) is 3.76. The standard InChI is InChI=1S/C24H23N7O5/c1-14-5-7-15(8-6-14)11-31-23-20(27-29-31)24(32)30(13-25-23)12-19-26-22(28-36-19)16-9-17(33-2)21(35-4)18(10-16)34-3/h5-10,13H,11-12H2,1-4H3. The molecule has 0 amide bonds. The van der Waals surface area contributed by atoms with Gasteiger partial charge in [-0.1, -0.05) is 40.2 Å². The smallest absolute Gasteiger partial charge is 0.283 e. The Morgan fingerprint density at radius 2 is 1.69 bits per heavy atom. The van der Waals surface area contributed by atoms with Gasteiger partial charge in [0.25, 0.3) is 5.56 Å². The van der Waals surface area contributed by atoms with E-state index in [4.69, 9.17) is 18.7 Å². The molecule has 0 radical (unpaired) electrons. The Kier molecular flexibility index (Phi) is 6.07. The van der Waals surface area contributed by atoms with Gasteiger partial charge in [0.1, 0.15) is 12.9 Å². The second-order valence-electron chi connectivity index (χ2n) is 8.01. The van der Waals surface area contributed by atoms with E-state index in [1.807, 2.05) is 31.2 Å². The Morgan fingerprint density at radius 1 is 0.972 bits per heavy atom. The first-order valence-corrected chi connectivity index (χ1v) is 11.0. The summed E-state index contributed by atoms with van der Waals surface area (Å²) >= 11 is 0. The third-order valence-corrected chi connectivity index (χ3v) is 5.64. The SMILES string of the molecule is COc1cc(-c2noc(Cn3cnc4c(nnn4Cc4ccc(C)cc4)c3=O)n2)cc(OC)c1OC. The van der Waals surface area contributed by atoms with E-state index in [2.05, 4.69) is 25.4 Å². The number of methoxy groups -OCH3 is 3. The van der Waals surface area contributed by atoms with Crippen LogP contribution in [0, 0.1) is 6.92 Å². The average Bonchev–Trinajstić information content (AvgIpc) is 3.53. The number of aromatic nitrogens is 7. The molecule has 0 aliphatic rings. The van der Waals surface area contributed by atoms with Crippen LogP contribution < -0.4 is 19.8 Å². The lowest BCUT2D eigenvalue weighted by atomic mass is 10.1. The second kappa shape index (κ2) is 9.49. The summed E-state index contributed by atoms with van der Waals surface area (Å²) in [5.41, 5.74) is 3.00. The molecule has 0 aliphatic carbocycles. The maximum atomic E-state index is 13.0. The highest BCUT2D eigenvalue weighted by Gasteiger charge is 2.19. The molecule has 0 spiro atoms. The van der Waals surface area contributed by atoms with Crippen LogP contribution in [0.5, 0.6) is 17.2 Å². The number of aryl methyl sites for hydroxylation is 1. The number of benzene rings is 2. The molecule has 36 heavy (non-hydrogen) atoms. The van der Waals surface area contributed by atoms with Crippen LogP contribution in [-0.2, 0) is 13.1 Å². The summed E-state index contributed by atoms with van der Waals surface area (Å²) in [5.74, 6) is 1.88. The van der Waals surface area contributed by atoms with Gasteiger partial charge < -0.3 is 18.7 Å². The van der Waals surface area contributed by atoms with Gasteiger partial charge in [-0.3, -0.25) is 9.36 Å². The maximum Gasteiger partial charge on any atom is 0.283 e. The van der Waals surface area contributed by atoms with E-state index < -0.39 is 0 Å². The number of fused-ring (bicyclic) bond motifs is 1. The minimum Gasteiger partial charge on any atom is -0.493 e. The third-order valence-electron chi connectivity index (χ3n) is 5.64. The molecule has 0 bridgehead atoms. The van der Waals surface area contributed by atoms with Gasteiger partial charge in [0.15, 0.2) is 22.7 Å². The Hall–Kier alpha value is -4.74. The van der Waals surface area contributed by atoms with Crippen LogP contribution in [0.25, 0.3) is 22.6 Å². The highest BCUT2D eigenvalue weighted by Crippen LogP contribution is 2.40. The van der Waals surface area contributed by atoms with E-state index in [0.29, 0.717) is 40.8 Å². The second-order valence-corrected chi connectivity index (χ2v) is 8.01. The molecule has 2 aromatic carbocycles. The summed E-state index contributed by atoms with van der Waals surface area (Å²) in [5, 5.41) is 12.2. The summed E-state index contributed by atoms with van der Waals surface area (Å²) in [6.07, 6.45) is 1.42. The zero-order valence-electron chi connectivity index (χ0n) is 20.1. The molecule has 0 fully saturated rings. The molecule has 0 atom stereocenters. The molecule has 0 saturated heterocycles. The number of hydrogen-bond donors (Lipinski definition) is 0. The minimum atomic E-state index is -0.359. The normalized spacial score (nSPS) is 11.1. The zero-order valence-corrected chi connectivity index (χ0v) is 20.1. The van der Waals surface area contributed by atoms with E-state index in [0.717, 1.165) is 11.1 Å². The van der Waals surface area contributed by atoms with Crippen molar-refractivity contribution in [2.45, 2.75) is 20.0 Å². The van der Waals surface area contributed by atoms with Gasteiger partial charge in [-0.05, 0) is 24.6 Å². The highest BCUT2D eigenvalue weighted by molar-refractivity contribution is 5.68. The lowest BCUT2D eigenvalue weighted by Crippen LogP contribution is -2.21. The van der Waals surface area contributed by atoms with Crippen LogP contribution >= 0.6 is 0 Å². The van der Waals surface area contributed by atoms with Crippen molar-refractivity contribution in [3.63, 3.8) is 0 Å². The molecule has 184 valence electrons. The molecule has 0 N–H and O–H groups in total. The van der Waals surface area contributed by atoms with Gasteiger partial charge in [0.2, 0.25) is 17.5 Å². The summed E-state index contributed by atoms with van der Waals surface area (Å²) in [4.78, 5) is 21.8. The van der Waals surface area contributed by atoms with Crippen LogP contribution in [-0.4, -0.2) is 56.0 Å². The molecule has 5 rings (SSSR count). The van der Waals surface area contributed by atoms with Crippen LogP contribution in [0.3, 0.4) is 0 Å². The van der Waals surface area contributed by atoms with Crippen LogP contribution in [0.1, 0.15) is 17.0 Å². The quantitative estimate of drug-likeness (QED) is 0.320. The first kappa shape index (κ1) is 23.0. The first-order valence-electron chi connectivity index (χ1n) is 11.0. The average molecular weight is 489 g/mol. The molecule has 12 nitrogen and oxygen atoms in total. The molecule has 0 aliphatic heterocycles.